The van der Waals surface area contributed by atoms with Gasteiger partial charge in [0.05, 0.1) is 24.0 Å². The Morgan fingerprint density at radius 1 is 1.25 bits per heavy atom. The first kappa shape index (κ1) is 18.3. The van der Waals surface area contributed by atoms with Gasteiger partial charge in [-0.05, 0) is 44.0 Å². The number of carbonyl (C=O) groups is 1. The van der Waals surface area contributed by atoms with Crippen molar-refractivity contribution in [3.63, 3.8) is 0 Å². The van der Waals surface area contributed by atoms with E-state index >= 15 is 0 Å². The highest BCUT2D eigenvalue weighted by Crippen LogP contribution is 2.21. The molecule has 8 nitrogen and oxygen atoms in total. The summed E-state index contributed by atoms with van der Waals surface area (Å²) in [6, 6.07) is 8.15. The summed E-state index contributed by atoms with van der Waals surface area (Å²) in [5.74, 6) is 0.168. The molecule has 3 aromatic rings. The van der Waals surface area contributed by atoms with Gasteiger partial charge in [-0.2, -0.15) is 10.2 Å². The molecule has 3 heterocycles. The lowest BCUT2D eigenvalue weighted by Gasteiger charge is -2.31. The highest BCUT2D eigenvalue weighted by Gasteiger charge is 2.23. The van der Waals surface area contributed by atoms with Crippen molar-refractivity contribution in [2.45, 2.75) is 25.8 Å². The van der Waals surface area contributed by atoms with Crippen molar-refractivity contribution in [1.29, 1.82) is 0 Å². The van der Waals surface area contributed by atoms with Crippen LogP contribution in [0.5, 0.6) is 0 Å². The van der Waals surface area contributed by atoms with Crippen LogP contribution in [0.4, 0.5) is 10.2 Å². The second-order valence-electron chi connectivity index (χ2n) is 6.99. The zero-order valence-electron chi connectivity index (χ0n) is 15.6. The van der Waals surface area contributed by atoms with Gasteiger partial charge >= 0.3 is 0 Å². The summed E-state index contributed by atoms with van der Waals surface area (Å²) < 4.78 is 16.7. The topological polar surface area (TPSA) is 80.9 Å². The number of amides is 1. The van der Waals surface area contributed by atoms with Crippen LogP contribution < -0.4 is 5.32 Å². The Kier molecular flexibility index (Phi) is 5.16. The van der Waals surface area contributed by atoms with E-state index in [1.165, 1.54) is 12.1 Å². The first-order valence-electron chi connectivity index (χ1n) is 9.27. The number of hydrogen-bond donors (Lipinski definition) is 1. The van der Waals surface area contributed by atoms with Gasteiger partial charge in [0.1, 0.15) is 24.3 Å². The number of likely N-dealkylation sites (tertiary alicyclic amines) is 1. The van der Waals surface area contributed by atoms with E-state index in [0.29, 0.717) is 24.1 Å². The molecule has 0 radical (unpaired) electrons. The molecule has 1 amide bonds. The lowest BCUT2D eigenvalue weighted by molar-refractivity contribution is -0.117. The number of anilines is 1. The van der Waals surface area contributed by atoms with E-state index in [1.807, 2.05) is 11.6 Å². The van der Waals surface area contributed by atoms with Crippen LogP contribution in [-0.4, -0.2) is 55.0 Å². The standard InChI is InChI=1S/C19H22FN7O/c1-14-10-18(27(24-14)17-4-2-15(20)3-5-17)23-19(28)11-25-8-6-16(7-9-25)26-13-21-12-22-26/h2-5,10,12-13,16H,6-9,11H2,1H3,(H,23,28). The maximum atomic E-state index is 13.2. The number of piperidine rings is 1. The van der Waals surface area contributed by atoms with Gasteiger partial charge in [0.25, 0.3) is 0 Å². The molecule has 9 heteroatoms. The molecule has 0 unspecified atom stereocenters. The fraction of sp³-hybridized carbons (Fsp3) is 0.368. The third-order valence-corrected chi connectivity index (χ3v) is 4.91. The minimum atomic E-state index is -0.312. The molecule has 1 fully saturated rings. The number of benzene rings is 1. The molecule has 28 heavy (non-hydrogen) atoms. The molecule has 0 aliphatic carbocycles. The molecular weight excluding hydrogens is 361 g/mol. The molecule has 0 bridgehead atoms. The summed E-state index contributed by atoms with van der Waals surface area (Å²) in [6.07, 6.45) is 5.16. The van der Waals surface area contributed by atoms with Crippen LogP contribution in [0, 0.1) is 12.7 Å². The second kappa shape index (κ2) is 7.89. The van der Waals surface area contributed by atoms with Crippen molar-refractivity contribution in [3.8, 4) is 5.69 Å². The predicted molar refractivity (Wildman–Crippen MR) is 102 cm³/mol. The minimum Gasteiger partial charge on any atom is -0.309 e. The van der Waals surface area contributed by atoms with Crippen LogP contribution in [-0.2, 0) is 4.79 Å². The van der Waals surface area contributed by atoms with Crippen LogP contribution in [0.2, 0.25) is 0 Å². The Labute approximate surface area is 162 Å². The van der Waals surface area contributed by atoms with Crippen LogP contribution >= 0.6 is 0 Å². The van der Waals surface area contributed by atoms with E-state index in [1.54, 1.807) is 35.5 Å². The Morgan fingerprint density at radius 2 is 2.00 bits per heavy atom. The van der Waals surface area contributed by atoms with Gasteiger partial charge in [-0.1, -0.05) is 0 Å². The Bertz CT molecular complexity index is 928. The van der Waals surface area contributed by atoms with Gasteiger partial charge in [-0.15, -0.1) is 0 Å². The average Bonchev–Trinajstić information content (AvgIpc) is 3.33. The summed E-state index contributed by atoms with van der Waals surface area (Å²) in [5.41, 5.74) is 1.46. The Morgan fingerprint density at radius 3 is 2.68 bits per heavy atom. The molecule has 1 aliphatic heterocycles. The fourth-order valence-corrected chi connectivity index (χ4v) is 3.50. The third kappa shape index (κ3) is 4.09. The van der Waals surface area contributed by atoms with Gasteiger partial charge in [0, 0.05) is 19.2 Å². The first-order valence-corrected chi connectivity index (χ1v) is 9.27. The summed E-state index contributed by atoms with van der Waals surface area (Å²) in [6.45, 7) is 3.82. The van der Waals surface area contributed by atoms with E-state index in [9.17, 15) is 9.18 Å². The highest BCUT2D eigenvalue weighted by molar-refractivity contribution is 5.91. The molecule has 1 saturated heterocycles. The summed E-state index contributed by atoms with van der Waals surface area (Å²) >= 11 is 0. The van der Waals surface area contributed by atoms with Gasteiger partial charge in [-0.25, -0.2) is 18.7 Å². The van der Waals surface area contributed by atoms with Gasteiger partial charge in [0.15, 0.2) is 0 Å². The third-order valence-electron chi connectivity index (χ3n) is 4.91. The fourth-order valence-electron chi connectivity index (χ4n) is 3.50. The van der Waals surface area contributed by atoms with Gasteiger partial charge < -0.3 is 5.32 Å². The summed E-state index contributed by atoms with van der Waals surface area (Å²) in [5, 5.41) is 11.5. The molecular formula is C19H22FN7O. The van der Waals surface area contributed by atoms with Gasteiger partial charge in [0.2, 0.25) is 5.91 Å². The Balaban J connectivity index is 1.36. The van der Waals surface area contributed by atoms with E-state index in [2.05, 4.69) is 25.4 Å². The van der Waals surface area contributed by atoms with Crippen molar-refractivity contribution >= 4 is 11.7 Å². The number of nitrogens with zero attached hydrogens (tertiary/aromatic N) is 6. The van der Waals surface area contributed by atoms with Crippen molar-refractivity contribution in [3.05, 3.63) is 54.5 Å². The number of hydrogen-bond acceptors (Lipinski definition) is 5. The monoisotopic (exact) mass is 383 g/mol. The molecule has 0 atom stereocenters. The summed E-state index contributed by atoms with van der Waals surface area (Å²) in [4.78, 5) is 18.7. The highest BCUT2D eigenvalue weighted by atomic mass is 19.1. The summed E-state index contributed by atoms with van der Waals surface area (Å²) in [7, 11) is 0. The van der Waals surface area contributed by atoms with Crippen molar-refractivity contribution in [2.24, 2.45) is 0 Å². The van der Waals surface area contributed by atoms with Crippen LogP contribution in [0.3, 0.4) is 0 Å². The average molecular weight is 383 g/mol. The zero-order chi connectivity index (χ0) is 19.5. The normalized spacial score (nSPS) is 15.6. The first-order chi connectivity index (χ1) is 13.6. The molecule has 1 aliphatic rings. The van der Waals surface area contributed by atoms with Gasteiger partial charge in [-0.3, -0.25) is 9.69 Å². The lowest BCUT2D eigenvalue weighted by Crippen LogP contribution is -2.40. The lowest BCUT2D eigenvalue weighted by atomic mass is 10.1. The molecule has 1 aromatic carbocycles. The molecule has 146 valence electrons. The van der Waals surface area contributed by atoms with Crippen LogP contribution in [0.25, 0.3) is 5.69 Å². The van der Waals surface area contributed by atoms with E-state index < -0.39 is 0 Å². The molecule has 2 aromatic heterocycles. The van der Waals surface area contributed by atoms with Crippen molar-refractivity contribution in [1.82, 2.24) is 29.4 Å². The molecule has 4 rings (SSSR count). The van der Waals surface area contributed by atoms with Crippen molar-refractivity contribution in [2.75, 3.05) is 25.0 Å². The molecule has 0 saturated carbocycles. The SMILES string of the molecule is Cc1cc(NC(=O)CN2CCC(n3cncn3)CC2)n(-c2ccc(F)cc2)n1. The van der Waals surface area contributed by atoms with E-state index in [0.717, 1.165) is 31.6 Å². The predicted octanol–water partition coefficient (Wildman–Crippen LogP) is 2.19. The number of nitrogens with one attached hydrogen (secondary N) is 1. The van der Waals surface area contributed by atoms with E-state index in [4.69, 9.17) is 0 Å². The molecule has 1 N–H and O–H groups in total. The van der Waals surface area contributed by atoms with Crippen molar-refractivity contribution < 1.29 is 9.18 Å². The maximum Gasteiger partial charge on any atom is 0.239 e. The molecule has 0 spiro atoms. The maximum absolute atomic E-state index is 13.2. The second-order valence-corrected chi connectivity index (χ2v) is 6.99. The largest absolute Gasteiger partial charge is 0.309 e. The number of halogens is 1. The smallest absolute Gasteiger partial charge is 0.239 e. The van der Waals surface area contributed by atoms with E-state index in [-0.39, 0.29) is 11.7 Å². The Hall–Kier alpha value is -3.07. The number of aromatic nitrogens is 5. The number of carbonyl (C=O) groups excluding carboxylic acids is 1. The van der Waals surface area contributed by atoms with Crippen LogP contribution in [0.15, 0.2) is 43.0 Å². The number of aryl methyl sites for hydroxylation is 1. The zero-order valence-corrected chi connectivity index (χ0v) is 15.6. The van der Waals surface area contributed by atoms with Crippen LogP contribution in [0.1, 0.15) is 24.6 Å². The quantitative estimate of drug-likeness (QED) is 0.730. The number of rotatable bonds is 5. The minimum absolute atomic E-state index is 0.0949.